The van der Waals surface area contributed by atoms with E-state index in [1.807, 2.05) is 0 Å². The molecule has 0 unspecified atom stereocenters. The Balaban J connectivity index is 0.00000312. The number of aliphatic carboxylic acids is 1. The minimum Gasteiger partial charge on any atom is -0.497 e. The van der Waals surface area contributed by atoms with Gasteiger partial charge in [-0.2, -0.15) is 13.2 Å². The topological polar surface area (TPSA) is 78.9 Å². The SMILES string of the molecule is COc1ccc(NC(=O)CN2C[C@@H](C(F)(F)F)[C@H](C(=O)O)C2)cc1.Cl. The molecular weight excluding hydrogens is 365 g/mol. The Labute approximate surface area is 148 Å². The van der Waals surface area contributed by atoms with Gasteiger partial charge in [-0.1, -0.05) is 0 Å². The molecular formula is C15H18ClF3N2O4. The van der Waals surface area contributed by atoms with Gasteiger partial charge in [-0.25, -0.2) is 0 Å². The monoisotopic (exact) mass is 382 g/mol. The number of ether oxygens (including phenoxy) is 1. The molecule has 2 atom stereocenters. The standard InChI is InChI=1S/C15H17F3N2O4.ClH/c1-24-10-4-2-9(3-5-10)19-13(21)8-20-6-11(14(22)23)12(7-20)15(16,17)18;/h2-5,11-12H,6-8H2,1H3,(H,19,21)(H,22,23);1H/t11-,12-;/m1./s1. The molecule has 140 valence electrons. The van der Waals surface area contributed by atoms with E-state index in [1.165, 1.54) is 12.0 Å². The van der Waals surface area contributed by atoms with Crippen LogP contribution in [-0.4, -0.2) is 54.8 Å². The summed E-state index contributed by atoms with van der Waals surface area (Å²) in [6.45, 7) is -1.12. The molecule has 2 N–H and O–H groups in total. The number of carbonyl (C=O) groups excluding carboxylic acids is 1. The highest BCUT2D eigenvalue weighted by atomic mass is 35.5. The van der Waals surface area contributed by atoms with E-state index in [0.29, 0.717) is 11.4 Å². The molecule has 0 bridgehead atoms. The Bertz CT molecular complexity index is 610. The average Bonchev–Trinajstić information content (AvgIpc) is 2.92. The van der Waals surface area contributed by atoms with Crippen LogP contribution >= 0.6 is 12.4 Å². The van der Waals surface area contributed by atoms with Gasteiger partial charge in [0.25, 0.3) is 0 Å². The Hall–Kier alpha value is -2.00. The third-order valence-electron chi connectivity index (χ3n) is 3.87. The number of amides is 1. The van der Waals surface area contributed by atoms with Crippen molar-refractivity contribution in [3.63, 3.8) is 0 Å². The van der Waals surface area contributed by atoms with E-state index in [2.05, 4.69) is 5.32 Å². The molecule has 1 aliphatic heterocycles. The molecule has 0 aliphatic carbocycles. The average molecular weight is 383 g/mol. The van der Waals surface area contributed by atoms with Crippen molar-refractivity contribution in [3.8, 4) is 5.75 Å². The van der Waals surface area contributed by atoms with Crippen molar-refractivity contribution >= 4 is 30.0 Å². The van der Waals surface area contributed by atoms with Gasteiger partial charge in [-0.05, 0) is 24.3 Å². The van der Waals surface area contributed by atoms with Gasteiger partial charge >= 0.3 is 12.1 Å². The van der Waals surface area contributed by atoms with Crippen LogP contribution in [0.4, 0.5) is 18.9 Å². The van der Waals surface area contributed by atoms with Crippen molar-refractivity contribution in [2.24, 2.45) is 11.8 Å². The fourth-order valence-electron chi connectivity index (χ4n) is 2.67. The lowest BCUT2D eigenvalue weighted by molar-refractivity contribution is -0.188. The minimum absolute atomic E-state index is 0. The maximum Gasteiger partial charge on any atom is 0.393 e. The zero-order chi connectivity index (χ0) is 17.9. The number of methoxy groups -OCH3 is 1. The summed E-state index contributed by atoms with van der Waals surface area (Å²) in [7, 11) is 1.50. The maximum atomic E-state index is 12.9. The van der Waals surface area contributed by atoms with Crippen molar-refractivity contribution in [1.29, 1.82) is 0 Å². The Morgan fingerprint density at radius 3 is 2.32 bits per heavy atom. The Kier molecular flexibility index (Phi) is 7.06. The lowest BCUT2D eigenvalue weighted by Crippen LogP contribution is -2.34. The van der Waals surface area contributed by atoms with Crippen molar-refractivity contribution in [2.75, 3.05) is 32.1 Å². The predicted octanol–water partition coefficient (Wildman–Crippen LogP) is 2.25. The van der Waals surface area contributed by atoms with Crippen LogP contribution in [-0.2, 0) is 9.59 Å². The molecule has 6 nitrogen and oxygen atoms in total. The third-order valence-corrected chi connectivity index (χ3v) is 3.87. The normalized spacial score (nSPS) is 20.6. The Morgan fingerprint density at radius 2 is 1.88 bits per heavy atom. The quantitative estimate of drug-likeness (QED) is 0.816. The summed E-state index contributed by atoms with van der Waals surface area (Å²) < 4.78 is 43.7. The molecule has 1 saturated heterocycles. The van der Waals surface area contributed by atoms with Gasteiger partial charge in [0.2, 0.25) is 5.91 Å². The lowest BCUT2D eigenvalue weighted by atomic mass is 9.96. The number of nitrogens with one attached hydrogen (secondary N) is 1. The number of carboxylic acid groups (broad SMARTS) is 1. The van der Waals surface area contributed by atoms with E-state index >= 15 is 0 Å². The molecule has 1 aromatic rings. The smallest absolute Gasteiger partial charge is 0.393 e. The van der Waals surface area contributed by atoms with E-state index < -0.39 is 36.4 Å². The van der Waals surface area contributed by atoms with Crippen molar-refractivity contribution < 1.29 is 32.6 Å². The largest absolute Gasteiger partial charge is 0.497 e. The number of likely N-dealkylation sites (tertiary alicyclic amines) is 1. The molecule has 0 aromatic heterocycles. The summed E-state index contributed by atoms with van der Waals surface area (Å²) >= 11 is 0. The summed E-state index contributed by atoms with van der Waals surface area (Å²) in [5, 5.41) is 11.5. The van der Waals surface area contributed by atoms with Gasteiger partial charge in [-0.3, -0.25) is 14.5 Å². The number of anilines is 1. The van der Waals surface area contributed by atoms with E-state index in [9.17, 15) is 22.8 Å². The number of carbonyl (C=O) groups is 2. The van der Waals surface area contributed by atoms with E-state index in [1.54, 1.807) is 24.3 Å². The molecule has 10 heteroatoms. The number of carboxylic acids is 1. The van der Waals surface area contributed by atoms with E-state index in [0.717, 1.165) is 0 Å². The summed E-state index contributed by atoms with van der Waals surface area (Å²) in [5.74, 6) is -4.94. The Morgan fingerprint density at radius 1 is 1.28 bits per heavy atom. The van der Waals surface area contributed by atoms with Crippen molar-refractivity contribution in [2.45, 2.75) is 6.18 Å². The number of hydrogen-bond donors (Lipinski definition) is 2. The van der Waals surface area contributed by atoms with Gasteiger partial charge in [-0.15, -0.1) is 12.4 Å². The molecule has 0 radical (unpaired) electrons. The first-order chi connectivity index (χ1) is 11.2. The van der Waals surface area contributed by atoms with Crippen molar-refractivity contribution in [1.82, 2.24) is 4.90 Å². The second-order valence-electron chi connectivity index (χ2n) is 5.56. The molecule has 1 aliphatic rings. The third kappa shape index (κ3) is 5.50. The highest BCUT2D eigenvalue weighted by molar-refractivity contribution is 5.92. The highest BCUT2D eigenvalue weighted by Crippen LogP contribution is 2.37. The molecule has 0 spiro atoms. The highest BCUT2D eigenvalue weighted by Gasteiger charge is 2.52. The molecule has 1 fully saturated rings. The number of benzene rings is 1. The van der Waals surface area contributed by atoms with Gasteiger partial charge in [0.1, 0.15) is 5.75 Å². The first-order valence-corrected chi connectivity index (χ1v) is 7.16. The predicted molar refractivity (Wildman–Crippen MR) is 86.0 cm³/mol. The summed E-state index contributed by atoms with van der Waals surface area (Å²) in [5.41, 5.74) is 0.474. The van der Waals surface area contributed by atoms with Crippen LogP contribution in [0.5, 0.6) is 5.75 Å². The van der Waals surface area contributed by atoms with Crippen molar-refractivity contribution in [3.05, 3.63) is 24.3 Å². The molecule has 0 saturated carbocycles. The fourth-order valence-corrected chi connectivity index (χ4v) is 2.67. The molecule has 1 heterocycles. The van der Waals surface area contributed by atoms with E-state index in [4.69, 9.17) is 9.84 Å². The van der Waals surface area contributed by atoms with Gasteiger partial charge < -0.3 is 15.2 Å². The fraction of sp³-hybridized carbons (Fsp3) is 0.467. The van der Waals surface area contributed by atoms with Crippen LogP contribution in [0.1, 0.15) is 0 Å². The number of hydrogen-bond acceptors (Lipinski definition) is 4. The number of nitrogens with zero attached hydrogens (tertiary/aromatic N) is 1. The molecule has 1 amide bonds. The zero-order valence-corrected chi connectivity index (χ0v) is 14.1. The van der Waals surface area contributed by atoms with Gasteiger partial charge in [0.15, 0.2) is 0 Å². The van der Waals surface area contributed by atoms with Gasteiger partial charge in [0, 0.05) is 18.8 Å². The summed E-state index contributed by atoms with van der Waals surface area (Å²) in [4.78, 5) is 24.1. The number of alkyl halides is 3. The second-order valence-corrected chi connectivity index (χ2v) is 5.56. The molecule has 2 rings (SSSR count). The zero-order valence-electron chi connectivity index (χ0n) is 13.2. The van der Waals surface area contributed by atoms with Crippen LogP contribution in [0, 0.1) is 11.8 Å². The first kappa shape index (κ1) is 21.0. The lowest BCUT2D eigenvalue weighted by Gasteiger charge is -2.18. The van der Waals surface area contributed by atoms with Crippen LogP contribution in [0.25, 0.3) is 0 Å². The van der Waals surface area contributed by atoms with Crippen LogP contribution in [0.15, 0.2) is 24.3 Å². The van der Waals surface area contributed by atoms with Crippen LogP contribution in [0.2, 0.25) is 0 Å². The first-order valence-electron chi connectivity index (χ1n) is 7.16. The molecule has 1 aromatic carbocycles. The molecule has 25 heavy (non-hydrogen) atoms. The van der Waals surface area contributed by atoms with Crippen LogP contribution < -0.4 is 10.1 Å². The minimum atomic E-state index is -4.61. The second kappa shape index (κ2) is 8.39. The number of halogens is 4. The maximum absolute atomic E-state index is 12.9. The van der Waals surface area contributed by atoms with Gasteiger partial charge in [0.05, 0.1) is 25.5 Å². The summed E-state index contributed by atoms with van der Waals surface area (Å²) in [6, 6.07) is 6.45. The number of rotatable bonds is 5. The van der Waals surface area contributed by atoms with Crippen LogP contribution in [0.3, 0.4) is 0 Å². The van der Waals surface area contributed by atoms with E-state index in [-0.39, 0.29) is 25.5 Å². The summed E-state index contributed by atoms with van der Waals surface area (Å²) in [6.07, 6.45) is -4.61.